The van der Waals surface area contributed by atoms with Crippen LogP contribution in [0.3, 0.4) is 0 Å². The van der Waals surface area contributed by atoms with Crippen LogP contribution in [0.25, 0.3) is 11.1 Å². The van der Waals surface area contributed by atoms with Gasteiger partial charge in [-0.2, -0.15) is 0 Å². The highest BCUT2D eigenvalue weighted by atomic mass is 16.1. The standard InChI is InChI=1S/C29H33NO/c1-4-29(5-2,6-3)30-21-26(27(30)24-15-11-8-12-16-24)28(31)25-19-17-23(18-20-25)22-13-9-7-10-14-22/h7-20,26-27H,4-6,21H2,1-3H3/t26-,27-/m1/s1. The van der Waals surface area contributed by atoms with E-state index < -0.39 is 0 Å². The second-order valence-electron chi connectivity index (χ2n) is 8.71. The minimum Gasteiger partial charge on any atom is -0.294 e. The van der Waals surface area contributed by atoms with Crippen LogP contribution in [0, 0.1) is 5.92 Å². The molecule has 0 amide bonds. The zero-order chi connectivity index (χ0) is 21.8. The van der Waals surface area contributed by atoms with Gasteiger partial charge in [-0.3, -0.25) is 9.69 Å². The molecule has 3 aromatic rings. The van der Waals surface area contributed by atoms with Gasteiger partial charge in [0.2, 0.25) is 0 Å². The first-order valence-corrected chi connectivity index (χ1v) is 11.6. The lowest BCUT2D eigenvalue weighted by Gasteiger charge is -2.57. The van der Waals surface area contributed by atoms with Gasteiger partial charge in [-0.25, -0.2) is 0 Å². The van der Waals surface area contributed by atoms with Crippen LogP contribution < -0.4 is 0 Å². The van der Waals surface area contributed by atoms with E-state index in [9.17, 15) is 4.79 Å². The van der Waals surface area contributed by atoms with Gasteiger partial charge in [-0.1, -0.05) is 106 Å². The SMILES string of the molecule is CCC(CC)(CC)N1C[C@@H](C(=O)c2ccc(-c3ccccc3)cc2)[C@H]1c1ccccc1. The number of ketones is 1. The number of likely N-dealkylation sites (tertiary alicyclic amines) is 1. The molecule has 1 saturated heterocycles. The Bertz CT molecular complexity index is 982. The van der Waals surface area contributed by atoms with Crippen LogP contribution in [-0.2, 0) is 0 Å². The fourth-order valence-corrected chi connectivity index (χ4v) is 5.31. The van der Waals surface area contributed by atoms with Crippen LogP contribution in [0.2, 0.25) is 0 Å². The highest BCUT2D eigenvalue weighted by Crippen LogP contribution is 2.48. The molecule has 0 saturated carbocycles. The Morgan fingerprint density at radius 2 is 1.29 bits per heavy atom. The fourth-order valence-electron chi connectivity index (χ4n) is 5.31. The third-order valence-electron chi connectivity index (χ3n) is 7.45. The quantitative estimate of drug-likeness (QED) is 0.366. The van der Waals surface area contributed by atoms with Crippen molar-refractivity contribution in [2.45, 2.75) is 51.6 Å². The summed E-state index contributed by atoms with van der Waals surface area (Å²) in [5, 5.41) is 0. The molecule has 2 atom stereocenters. The number of carbonyl (C=O) groups is 1. The zero-order valence-electron chi connectivity index (χ0n) is 18.9. The highest BCUT2D eigenvalue weighted by molar-refractivity contribution is 5.99. The van der Waals surface area contributed by atoms with E-state index in [1.54, 1.807) is 0 Å². The largest absolute Gasteiger partial charge is 0.294 e. The van der Waals surface area contributed by atoms with Gasteiger partial charge in [-0.05, 0) is 36.0 Å². The Kier molecular flexibility index (Phi) is 6.38. The van der Waals surface area contributed by atoms with Gasteiger partial charge < -0.3 is 0 Å². The van der Waals surface area contributed by atoms with Crippen molar-refractivity contribution in [2.24, 2.45) is 5.92 Å². The lowest BCUT2D eigenvalue weighted by Crippen LogP contribution is -2.62. The summed E-state index contributed by atoms with van der Waals surface area (Å²) in [7, 11) is 0. The molecule has 1 aliphatic heterocycles. The first-order valence-electron chi connectivity index (χ1n) is 11.6. The monoisotopic (exact) mass is 411 g/mol. The van der Waals surface area contributed by atoms with E-state index in [0.717, 1.165) is 36.9 Å². The summed E-state index contributed by atoms with van der Waals surface area (Å²) in [6.07, 6.45) is 3.32. The van der Waals surface area contributed by atoms with Crippen molar-refractivity contribution in [1.82, 2.24) is 4.90 Å². The molecule has 0 spiro atoms. The lowest BCUT2D eigenvalue weighted by molar-refractivity contribution is -0.0727. The van der Waals surface area contributed by atoms with Crippen molar-refractivity contribution >= 4 is 5.78 Å². The van der Waals surface area contributed by atoms with Crippen molar-refractivity contribution in [3.63, 3.8) is 0 Å². The van der Waals surface area contributed by atoms with E-state index in [1.807, 2.05) is 30.3 Å². The maximum Gasteiger partial charge on any atom is 0.169 e. The third-order valence-corrected chi connectivity index (χ3v) is 7.45. The fraction of sp³-hybridized carbons (Fsp3) is 0.345. The van der Waals surface area contributed by atoms with Gasteiger partial charge in [0.15, 0.2) is 5.78 Å². The number of nitrogens with zero attached hydrogens (tertiary/aromatic N) is 1. The first kappa shape index (κ1) is 21.5. The molecular weight excluding hydrogens is 378 g/mol. The highest BCUT2D eigenvalue weighted by Gasteiger charge is 2.51. The Morgan fingerprint density at radius 1 is 0.774 bits per heavy atom. The molecule has 160 valence electrons. The summed E-state index contributed by atoms with van der Waals surface area (Å²) in [6, 6.07) is 29.2. The van der Waals surface area contributed by atoms with Gasteiger partial charge in [0.05, 0.1) is 5.92 Å². The van der Waals surface area contributed by atoms with E-state index in [1.165, 1.54) is 11.1 Å². The number of rotatable bonds is 8. The van der Waals surface area contributed by atoms with Gasteiger partial charge >= 0.3 is 0 Å². The predicted molar refractivity (Wildman–Crippen MR) is 129 cm³/mol. The topological polar surface area (TPSA) is 20.3 Å². The molecule has 4 rings (SSSR count). The van der Waals surface area contributed by atoms with E-state index >= 15 is 0 Å². The molecule has 0 aliphatic carbocycles. The summed E-state index contributed by atoms with van der Waals surface area (Å²) in [6.45, 7) is 7.69. The minimum absolute atomic E-state index is 0.00833. The predicted octanol–water partition coefficient (Wildman–Crippen LogP) is 7.18. The van der Waals surface area contributed by atoms with Crippen molar-refractivity contribution in [2.75, 3.05) is 6.54 Å². The lowest BCUT2D eigenvalue weighted by atomic mass is 9.72. The number of hydrogen-bond acceptors (Lipinski definition) is 2. The molecule has 0 radical (unpaired) electrons. The molecule has 0 aromatic heterocycles. The summed E-state index contributed by atoms with van der Waals surface area (Å²) in [5.41, 5.74) is 4.56. The number of carbonyl (C=O) groups excluding carboxylic acids is 1. The smallest absolute Gasteiger partial charge is 0.169 e. The average molecular weight is 412 g/mol. The number of Topliss-reactive ketones (excluding diaryl/α,β-unsaturated/α-hetero) is 1. The third kappa shape index (κ3) is 3.97. The minimum atomic E-state index is 0.00833. The van der Waals surface area contributed by atoms with Gasteiger partial charge in [-0.15, -0.1) is 0 Å². The van der Waals surface area contributed by atoms with Crippen LogP contribution in [-0.4, -0.2) is 22.8 Å². The molecule has 31 heavy (non-hydrogen) atoms. The second kappa shape index (κ2) is 9.20. The van der Waals surface area contributed by atoms with Crippen LogP contribution in [0.1, 0.15) is 62.0 Å². The Hall–Kier alpha value is -2.71. The van der Waals surface area contributed by atoms with Gasteiger partial charge in [0.1, 0.15) is 0 Å². The molecule has 3 aromatic carbocycles. The van der Waals surface area contributed by atoms with E-state index in [-0.39, 0.29) is 23.3 Å². The van der Waals surface area contributed by atoms with Gasteiger partial charge in [0.25, 0.3) is 0 Å². The van der Waals surface area contributed by atoms with Crippen molar-refractivity contribution in [1.29, 1.82) is 0 Å². The van der Waals surface area contributed by atoms with Crippen LogP contribution in [0.5, 0.6) is 0 Å². The molecule has 1 heterocycles. The van der Waals surface area contributed by atoms with Crippen molar-refractivity contribution in [3.05, 3.63) is 96.1 Å². The molecule has 0 unspecified atom stereocenters. The molecular formula is C29H33NO. The second-order valence-corrected chi connectivity index (χ2v) is 8.71. The first-order chi connectivity index (χ1) is 15.1. The van der Waals surface area contributed by atoms with Crippen LogP contribution >= 0.6 is 0 Å². The zero-order valence-corrected chi connectivity index (χ0v) is 18.9. The number of benzene rings is 3. The summed E-state index contributed by atoms with van der Waals surface area (Å²) < 4.78 is 0. The molecule has 0 N–H and O–H groups in total. The van der Waals surface area contributed by atoms with Crippen LogP contribution in [0.4, 0.5) is 0 Å². The summed E-state index contributed by atoms with van der Waals surface area (Å²) in [5.74, 6) is 0.274. The number of hydrogen-bond donors (Lipinski definition) is 0. The normalized spacial score (nSPS) is 19.1. The Balaban J connectivity index is 1.61. The summed E-state index contributed by atoms with van der Waals surface area (Å²) in [4.78, 5) is 16.2. The molecule has 1 aliphatic rings. The van der Waals surface area contributed by atoms with E-state index in [4.69, 9.17) is 0 Å². The van der Waals surface area contributed by atoms with Crippen molar-refractivity contribution < 1.29 is 4.79 Å². The van der Waals surface area contributed by atoms with Gasteiger partial charge in [0, 0.05) is 23.7 Å². The van der Waals surface area contributed by atoms with Crippen LogP contribution in [0.15, 0.2) is 84.9 Å². The molecule has 2 heteroatoms. The van der Waals surface area contributed by atoms with Crippen molar-refractivity contribution in [3.8, 4) is 11.1 Å². The maximum absolute atomic E-state index is 13.6. The van der Waals surface area contributed by atoms with E-state index in [2.05, 4.69) is 80.3 Å². The summed E-state index contributed by atoms with van der Waals surface area (Å²) >= 11 is 0. The van der Waals surface area contributed by atoms with E-state index in [0.29, 0.717) is 0 Å². The maximum atomic E-state index is 13.6. The molecule has 1 fully saturated rings. The Morgan fingerprint density at radius 3 is 1.84 bits per heavy atom. The Labute approximate surface area is 186 Å². The molecule has 2 nitrogen and oxygen atoms in total. The average Bonchev–Trinajstić information content (AvgIpc) is 2.83. The molecule has 0 bridgehead atoms.